The molecule has 0 unspecified atom stereocenters. The van der Waals surface area contributed by atoms with Crippen molar-refractivity contribution in [2.45, 2.75) is 12.6 Å². The van der Waals surface area contributed by atoms with Gasteiger partial charge in [-0.05, 0) is 12.1 Å². The van der Waals surface area contributed by atoms with Crippen LogP contribution in [0.15, 0.2) is 36.7 Å². The maximum Gasteiger partial charge on any atom is 0.227 e. The van der Waals surface area contributed by atoms with E-state index in [0.717, 1.165) is 23.4 Å². The van der Waals surface area contributed by atoms with Crippen LogP contribution in [0.4, 0.5) is 0 Å². The van der Waals surface area contributed by atoms with Gasteiger partial charge >= 0.3 is 0 Å². The van der Waals surface area contributed by atoms with Crippen molar-refractivity contribution in [3.63, 3.8) is 0 Å². The molecule has 0 saturated carbocycles. The molecule has 2 aliphatic rings. The van der Waals surface area contributed by atoms with Gasteiger partial charge in [-0.2, -0.15) is 0 Å². The van der Waals surface area contributed by atoms with Crippen LogP contribution in [0.25, 0.3) is 11.4 Å². The molecule has 4 rings (SSSR count). The molecular formula is C19H22N4O3. The molecule has 3 heterocycles. The zero-order chi connectivity index (χ0) is 17.9. The van der Waals surface area contributed by atoms with Crippen LogP contribution < -0.4 is 10.1 Å². The van der Waals surface area contributed by atoms with Gasteiger partial charge in [0.15, 0.2) is 5.82 Å². The van der Waals surface area contributed by atoms with E-state index in [1.54, 1.807) is 7.11 Å². The molecule has 136 valence electrons. The van der Waals surface area contributed by atoms with E-state index < -0.39 is 0 Å². The fourth-order valence-electron chi connectivity index (χ4n) is 3.51. The second-order valence-corrected chi connectivity index (χ2v) is 6.75. The number of hydrogen-bond donors (Lipinski definition) is 1. The van der Waals surface area contributed by atoms with E-state index in [0.29, 0.717) is 32.1 Å². The van der Waals surface area contributed by atoms with Gasteiger partial charge in [-0.15, -0.1) is 0 Å². The number of nitrogens with one attached hydrogen (secondary N) is 1. The van der Waals surface area contributed by atoms with E-state index in [9.17, 15) is 4.79 Å². The van der Waals surface area contributed by atoms with Crippen LogP contribution in [0.1, 0.15) is 5.56 Å². The van der Waals surface area contributed by atoms with Crippen LogP contribution in [-0.2, 0) is 16.1 Å². The molecule has 2 bridgehead atoms. The van der Waals surface area contributed by atoms with Gasteiger partial charge in [-0.3, -0.25) is 9.69 Å². The molecule has 26 heavy (non-hydrogen) atoms. The number of para-hydroxylation sites is 1. The van der Waals surface area contributed by atoms with Crippen molar-refractivity contribution in [1.29, 1.82) is 0 Å². The van der Waals surface area contributed by atoms with E-state index in [1.165, 1.54) is 0 Å². The standard InChI is InChI=1S/C19H22N4O3/c1-25-17-5-3-2-4-16(17)18-20-6-13(7-21-18)8-23-9-14-11-26-12-15(10-23)22-19(14)24/h2-7,14-15H,8-12H2,1H3,(H,22,24)/t14-,15+/m1/s1. The Kier molecular flexibility index (Phi) is 4.81. The Balaban J connectivity index is 1.48. The van der Waals surface area contributed by atoms with Crippen molar-refractivity contribution in [1.82, 2.24) is 20.2 Å². The van der Waals surface area contributed by atoms with Crippen molar-refractivity contribution in [3.8, 4) is 17.1 Å². The summed E-state index contributed by atoms with van der Waals surface area (Å²) in [4.78, 5) is 23.4. The van der Waals surface area contributed by atoms with Crippen molar-refractivity contribution in [2.24, 2.45) is 5.92 Å². The van der Waals surface area contributed by atoms with Gasteiger partial charge in [0.1, 0.15) is 5.75 Å². The molecule has 1 N–H and O–H groups in total. The number of nitrogens with zero attached hydrogens (tertiary/aromatic N) is 3. The minimum Gasteiger partial charge on any atom is -0.496 e. The van der Waals surface area contributed by atoms with Gasteiger partial charge in [-0.25, -0.2) is 9.97 Å². The summed E-state index contributed by atoms with van der Waals surface area (Å²) in [5.41, 5.74) is 1.90. The first-order chi connectivity index (χ1) is 12.7. The normalized spacial score (nSPS) is 23.2. The maximum absolute atomic E-state index is 12.1. The van der Waals surface area contributed by atoms with Crippen LogP contribution in [-0.4, -0.2) is 60.2 Å². The van der Waals surface area contributed by atoms with Crippen LogP contribution in [0, 0.1) is 5.92 Å². The number of carbonyl (C=O) groups is 1. The Labute approximate surface area is 152 Å². The number of fused-ring (bicyclic) bond motifs is 3. The molecule has 2 aromatic rings. The second kappa shape index (κ2) is 7.39. The summed E-state index contributed by atoms with van der Waals surface area (Å²) in [6.07, 6.45) is 3.70. The lowest BCUT2D eigenvalue weighted by atomic mass is 10.1. The lowest BCUT2D eigenvalue weighted by Gasteiger charge is -2.27. The summed E-state index contributed by atoms with van der Waals surface area (Å²) < 4.78 is 10.9. The van der Waals surface area contributed by atoms with Gasteiger partial charge in [-0.1, -0.05) is 12.1 Å². The molecule has 7 heteroatoms. The molecule has 2 fully saturated rings. The minimum absolute atomic E-state index is 0.0452. The Morgan fingerprint density at radius 2 is 2.04 bits per heavy atom. The summed E-state index contributed by atoms with van der Waals surface area (Å²) in [5.74, 6) is 1.38. The number of amides is 1. The lowest BCUT2D eigenvalue weighted by molar-refractivity contribution is -0.125. The number of aromatic nitrogens is 2. The molecule has 1 amide bonds. The van der Waals surface area contributed by atoms with Gasteiger partial charge in [0.2, 0.25) is 5.91 Å². The monoisotopic (exact) mass is 354 g/mol. The number of rotatable bonds is 4. The largest absolute Gasteiger partial charge is 0.496 e. The average molecular weight is 354 g/mol. The van der Waals surface area contributed by atoms with E-state index >= 15 is 0 Å². The van der Waals surface area contributed by atoms with Gasteiger partial charge in [0, 0.05) is 37.6 Å². The van der Waals surface area contributed by atoms with Crippen LogP contribution >= 0.6 is 0 Å². The Morgan fingerprint density at radius 1 is 1.23 bits per heavy atom. The van der Waals surface area contributed by atoms with Gasteiger partial charge in [0.25, 0.3) is 0 Å². The first kappa shape index (κ1) is 16.9. The van der Waals surface area contributed by atoms with E-state index in [4.69, 9.17) is 9.47 Å². The smallest absolute Gasteiger partial charge is 0.227 e. The number of ether oxygens (including phenoxy) is 2. The highest BCUT2D eigenvalue weighted by atomic mass is 16.5. The molecule has 2 aliphatic heterocycles. The summed E-state index contributed by atoms with van der Waals surface area (Å²) in [5, 5.41) is 3.05. The van der Waals surface area contributed by atoms with E-state index in [-0.39, 0.29) is 17.9 Å². The number of hydrogen-bond acceptors (Lipinski definition) is 6. The zero-order valence-electron chi connectivity index (χ0n) is 14.7. The van der Waals surface area contributed by atoms with Crippen molar-refractivity contribution in [3.05, 3.63) is 42.2 Å². The van der Waals surface area contributed by atoms with Gasteiger partial charge in [0.05, 0.1) is 37.8 Å². The minimum atomic E-state index is -0.115. The Hall–Kier alpha value is -2.51. The van der Waals surface area contributed by atoms with Gasteiger partial charge < -0.3 is 14.8 Å². The quantitative estimate of drug-likeness (QED) is 0.886. The maximum atomic E-state index is 12.1. The first-order valence-electron chi connectivity index (χ1n) is 8.77. The third-order valence-corrected chi connectivity index (χ3v) is 4.77. The molecule has 1 aromatic carbocycles. The summed E-state index contributed by atoms with van der Waals surface area (Å²) in [6, 6.07) is 7.75. The highest BCUT2D eigenvalue weighted by molar-refractivity contribution is 5.80. The first-order valence-corrected chi connectivity index (χ1v) is 8.77. The van der Waals surface area contributed by atoms with Crippen LogP contribution in [0.5, 0.6) is 5.75 Å². The highest BCUT2D eigenvalue weighted by Gasteiger charge is 2.33. The van der Waals surface area contributed by atoms with E-state index in [1.807, 2.05) is 36.7 Å². The second-order valence-electron chi connectivity index (χ2n) is 6.75. The number of benzene rings is 1. The van der Waals surface area contributed by atoms with Crippen molar-refractivity contribution >= 4 is 5.91 Å². The lowest BCUT2D eigenvalue weighted by Crippen LogP contribution is -2.41. The molecule has 0 spiro atoms. The predicted octanol–water partition coefficient (Wildman–Crippen LogP) is 1.10. The fourth-order valence-corrected chi connectivity index (χ4v) is 3.51. The Bertz CT molecular complexity index is 781. The molecule has 1 aromatic heterocycles. The highest BCUT2D eigenvalue weighted by Crippen LogP contribution is 2.26. The molecule has 0 aliphatic carbocycles. The SMILES string of the molecule is COc1ccccc1-c1ncc(CN2C[C@H]3COC[C@@H](C2)C(=O)N3)cn1. The summed E-state index contributed by atoms with van der Waals surface area (Å²) in [7, 11) is 1.64. The van der Waals surface area contributed by atoms with E-state index in [2.05, 4.69) is 20.2 Å². The number of carbonyl (C=O) groups excluding carboxylic acids is 1. The van der Waals surface area contributed by atoms with Crippen LogP contribution in [0.3, 0.4) is 0 Å². The Morgan fingerprint density at radius 3 is 2.85 bits per heavy atom. The fraction of sp³-hybridized carbons (Fsp3) is 0.421. The summed E-state index contributed by atoms with van der Waals surface area (Å²) >= 11 is 0. The molecule has 7 nitrogen and oxygen atoms in total. The van der Waals surface area contributed by atoms with Crippen molar-refractivity contribution < 1.29 is 14.3 Å². The average Bonchev–Trinajstić information content (AvgIpc) is 2.91. The summed E-state index contributed by atoms with van der Waals surface area (Å²) in [6.45, 7) is 3.24. The third-order valence-electron chi connectivity index (χ3n) is 4.77. The van der Waals surface area contributed by atoms with Crippen molar-refractivity contribution in [2.75, 3.05) is 33.4 Å². The molecule has 0 radical (unpaired) electrons. The number of methoxy groups -OCH3 is 1. The predicted molar refractivity (Wildman–Crippen MR) is 95.5 cm³/mol. The molecular weight excluding hydrogens is 332 g/mol. The molecule has 2 saturated heterocycles. The topological polar surface area (TPSA) is 76.6 Å². The van der Waals surface area contributed by atoms with Crippen LogP contribution in [0.2, 0.25) is 0 Å². The molecule has 2 atom stereocenters. The third kappa shape index (κ3) is 3.54. The zero-order valence-corrected chi connectivity index (χ0v) is 14.7.